The Bertz CT molecular complexity index is 275. The summed E-state index contributed by atoms with van der Waals surface area (Å²) in [4.78, 5) is 8.38. The Labute approximate surface area is 63.2 Å². The van der Waals surface area contributed by atoms with Crippen molar-refractivity contribution in [3.63, 3.8) is 0 Å². The molecule has 1 rings (SSSR count). The van der Waals surface area contributed by atoms with Gasteiger partial charge >= 0.3 is 18.5 Å². The van der Waals surface area contributed by atoms with Crippen LogP contribution in [0.5, 0.6) is 6.01 Å². The number of hydrogen-bond donors (Lipinski definition) is 0. The maximum Gasteiger partial charge on any atom is 0.575 e. The normalized spacial score (nSPS) is 11.3. The van der Waals surface area contributed by atoms with Gasteiger partial charge in [-0.2, -0.15) is 14.4 Å². The molecular formula is C4HF4N3O. The summed E-state index contributed by atoms with van der Waals surface area (Å²) < 4.78 is 49.5. The maximum atomic E-state index is 12.0. The molecule has 1 aromatic heterocycles. The van der Waals surface area contributed by atoms with Crippen molar-refractivity contribution in [2.75, 3.05) is 0 Å². The molecule has 0 saturated carbocycles. The van der Waals surface area contributed by atoms with E-state index in [0.29, 0.717) is 6.33 Å². The Hall–Kier alpha value is -1.47. The minimum absolute atomic E-state index is 0.573. The summed E-state index contributed by atoms with van der Waals surface area (Å²) in [6.07, 6.45) is -5.68. The smallest absolute Gasteiger partial charge is 0.370 e. The number of halogens is 4. The van der Waals surface area contributed by atoms with E-state index in [4.69, 9.17) is 0 Å². The van der Waals surface area contributed by atoms with E-state index in [9.17, 15) is 17.6 Å². The van der Waals surface area contributed by atoms with Gasteiger partial charge in [0.15, 0.2) is 0 Å². The molecule has 0 aromatic carbocycles. The molecule has 0 saturated heterocycles. The number of ether oxygens (including phenoxy) is 1. The lowest BCUT2D eigenvalue weighted by molar-refractivity contribution is -0.277. The van der Waals surface area contributed by atoms with E-state index >= 15 is 0 Å². The molecule has 0 aliphatic rings. The predicted octanol–water partition coefficient (Wildman–Crippen LogP) is 0.909. The third-order valence-corrected chi connectivity index (χ3v) is 0.727. The molecular weight excluding hydrogens is 182 g/mol. The molecule has 0 radical (unpaired) electrons. The zero-order chi connectivity index (χ0) is 9.19. The van der Waals surface area contributed by atoms with Gasteiger partial charge in [-0.25, -0.2) is 0 Å². The average Bonchev–Trinajstić information content (AvgIpc) is 1.82. The van der Waals surface area contributed by atoms with E-state index in [1.807, 2.05) is 0 Å². The van der Waals surface area contributed by atoms with Crippen molar-refractivity contribution in [1.29, 1.82) is 0 Å². The van der Waals surface area contributed by atoms with Gasteiger partial charge in [0, 0.05) is 0 Å². The van der Waals surface area contributed by atoms with Crippen molar-refractivity contribution in [2.45, 2.75) is 6.36 Å². The molecule has 0 N–H and O–H groups in total. The summed E-state index contributed by atoms with van der Waals surface area (Å²) in [5.41, 5.74) is 0. The van der Waals surface area contributed by atoms with Crippen molar-refractivity contribution in [3.05, 3.63) is 12.4 Å². The van der Waals surface area contributed by atoms with E-state index in [1.54, 1.807) is 0 Å². The van der Waals surface area contributed by atoms with Gasteiger partial charge in [-0.1, -0.05) is 0 Å². The summed E-state index contributed by atoms with van der Waals surface area (Å²) in [7, 11) is 0. The molecule has 4 nitrogen and oxygen atoms in total. The highest BCUT2D eigenvalue weighted by atomic mass is 19.4. The second-order valence-electron chi connectivity index (χ2n) is 1.58. The molecule has 1 heterocycles. The van der Waals surface area contributed by atoms with Crippen LogP contribution in [0.3, 0.4) is 0 Å². The minimum Gasteiger partial charge on any atom is -0.370 e. The number of nitrogens with zero attached hydrogens (tertiary/aromatic N) is 3. The number of hydrogen-bond acceptors (Lipinski definition) is 4. The molecule has 0 amide bonds. The first kappa shape index (κ1) is 8.62. The topological polar surface area (TPSA) is 47.9 Å². The predicted molar refractivity (Wildman–Crippen MR) is 26.5 cm³/mol. The Kier molecular flexibility index (Phi) is 2.07. The van der Waals surface area contributed by atoms with Crippen LogP contribution in [0, 0.1) is 6.08 Å². The van der Waals surface area contributed by atoms with Crippen LogP contribution in [0.2, 0.25) is 0 Å². The van der Waals surface area contributed by atoms with Crippen LogP contribution in [0.25, 0.3) is 0 Å². The zero-order valence-electron chi connectivity index (χ0n) is 5.34. The molecule has 0 fully saturated rings. The van der Waals surface area contributed by atoms with Crippen LogP contribution in [0.15, 0.2) is 6.33 Å². The number of alkyl halides is 3. The van der Waals surface area contributed by atoms with Gasteiger partial charge in [-0.3, -0.25) is 0 Å². The lowest BCUT2D eigenvalue weighted by Gasteiger charge is -2.04. The van der Waals surface area contributed by atoms with Crippen LogP contribution >= 0.6 is 0 Å². The lowest BCUT2D eigenvalue weighted by atomic mass is 11.0. The van der Waals surface area contributed by atoms with Crippen molar-refractivity contribution < 1.29 is 22.3 Å². The molecule has 0 spiro atoms. The minimum atomic E-state index is -4.92. The van der Waals surface area contributed by atoms with E-state index in [-0.39, 0.29) is 0 Å². The van der Waals surface area contributed by atoms with Crippen LogP contribution < -0.4 is 4.74 Å². The van der Waals surface area contributed by atoms with Crippen molar-refractivity contribution in [2.24, 2.45) is 0 Å². The fraction of sp³-hybridized carbons (Fsp3) is 0.250. The van der Waals surface area contributed by atoms with Gasteiger partial charge in [0.2, 0.25) is 0 Å². The fourth-order valence-corrected chi connectivity index (χ4v) is 0.415. The van der Waals surface area contributed by atoms with Crippen LogP contribution in [-0.2, 0) is 0 Å². The molecule has 12 heavy (non-hydrogen) atoms. The van der Waals surface area contributed by atoms with Gasteiger partial charge in [-0.05, 0) is 0 Å². The first-order chi connectivity index (χ1) is 5.47. The molecule has 0 aliphatic carbocycles. The Morgan fingerprint density at radius 1 is 1.25 bits per heavy atom. The van der Waals surface area contributed by atoms with Gasteiger partial charge in [0.05, 0.1) is 0 Å². The molecule has 0 atom stereocenters. The van der Waals surface area contributed by atoms with Crippen LogP contribution in [-0.4, -0.2) is 21.3 Å². The SMILES string of the molecule is Fc1ncnc(OC(F)(F)F)n1. The van der Waals surface area contributed by atoms with E-state index in [1.165, 1.54) is 0 Å². The van der Waals surface area contributed by atoms with Crippen molar-refractivity contribution in [3.8, 4) is 6.01 Å². The summed E-state index contributed by atoms with van der Waals surface area (Å²) in [6.45, 7) is 0. The highest BCUT2D eigenvalue weighted by Crippen LogP contribution is 2.17. The zero-order valence-corrected chi connectivity index (χ0v) is 5.34. The van der Waals surface area contributed by atoms with Gasteiger partial charge in [0.1, 0.15) is 6.33 Å². The summed E-state index contributed by atoms with van der Waals surface area (Å²) in [6, 6.07) is -1.12. The van der Waals surface area contributed by atoms with E-state index in [0.717, 1.165) is 0 Å². The standard InChI is InChI=1S/C4HF4N3O/c5-2-9-1-10-3(11-2)12-4(6,7)8/h1H. The average molecular weight is 183 g/mol. The first-order valence-electron chi connectivity index (χ1n) is 2.58. The second-order valence-corrected chi connectivity index (χ2v) is 1.58. The third kappa shape index (κ3) is 2.64. The molecule has 8 heteroatoms. The Morgan fingerprint density at radius 2 is 1.92 bits per heavy atom. The lowest BCUT2D eigenvalue weighted by Crippen LogP contribution is -2.19. The van der Waals surface area contributed by atoms with Gasteiger partial charge < -0.3 is 4.74 Å². The van der Waals surface area contributed by atoms with Crippen LogP contribution in [0.4, 0.5) is 17.6 Å². The first-order valence-corrected chi connectivity index (χ1v) is 2.58. The summed E-state index contributed by atoms with van der Waals surface area (Å²) in [5, 5.41) is 0. The molecule has 0 unspecified atom stereocenters. The maximum absolute atomic E-state index is 12.0. The largest absolute Gasteiger partial charge is 0.575 e. The van der Waals surface area contributed by atoms with Gasteiger partial charge in [-0.15, -0.1) is 18.2 Å². The molecule has 1 aromatic rings. The highest BCUT2D eigenvalue weighted by Gasteiger charge is 2.32. The number of aromatic nitrogens is 3. The second kappa shape index (κ2) is 2.88. The Balaban J connectivity index is 2.77. The fourth-order valence-electron chi connectivity index (χ4n) is 0.415. The monoisotopic (exact) mass is 183 g/mol. The van der Waals surface area contributed by atoms with Crippen molar-refractivity contribution in [1.82, 2.24) is 15.0 Å². The van der Waals surface area contributed by atoms with Crippen molar-refractivity contribution >= 4 is 0 Å². The summed E-state index contributed by atoms with van der Waals surface area (Å²) >= 11 is 0. The van der Waals surface area contributed by atoms with E-state index < -0.39 is 18.5 Å². The summed E-state index contributed by atoms with van der Waals surface area (Å²) in [5.74, 6) is 0. The molecule has 0 aliphatic heterocycles. The third-order valence-electron chi connectivity index (χ3n) is 0.727. The van der Waals surface area contributed by atoms with E-state index in [2.05, 4.69) is 19.7 Å². The molecule has 66 valence electrons. The number of rotatable bonds is 1. The Morgan fingerprint density at radius 3 is 2.42 bits per heavy atom. The molecule has 0 bridgehead atoms. The van der Waals surface area contributed by atoms with Gasteiger partial charge in [0.25, 0.3) is 0 Å². The quantitative estimate of drug-likeness (QED) is 0.607. The van der Waals surface area contributed by atoms with Crippen LogP contribution in [0.1, 0.15) is 0 Å². The highest BCUT2D eigenvalue weighted by molar-refractivity contribution is 4.88.